The third kappa shape index (κ3) is 3.88. The molecule has 0 aliphatic carbocycles. The topological polar surface area (TPSA) is 62.5 Å². The molecule has 0 saturated heterocycles. The number of aliphatic hydroxyl groups excluding tert-OH is 1. The second-order valence-corrected chi connectivity index (χ2v) is 4.68. The number of amides is 1. The number of hydrogen-bond donors (Lipinski definition) is 2. The molecule has 2 rings (SSSR count). The number of nitrogens with one attached hydrogen (secondary N) is 1. The molecule has 1 atom stereocenters. The fourth-order valence-electron chi connectivity index (χ4n) is 2.02. The molecule has 22 heavy (non-hydrogen) atoms. The predicted molar refractivity (Wildman–Crippen MR) is 71.3 cm³/mol. The average molecular weight is 313 g/mol. The number of rotatable bonds is 6. The summed E-state index contributed by atoms with van der Waals surface area (Å²) in [6.45, 7) is -0.189. The van der Waals surface area contributed by atoms with Crippen LogP contribution in [0.4, 0.5) is 13.2 Å². The van der Waals surface area contributed by atoms with Crippen LogP contribution >= 0.6 is 0 Å². The lowest BCUT2D eigenvalue weighted by Gasteiger charge is -2.15. The van der Waals surface area contributed by atoms with Gasteiger partial charge in [-0.1, -0.05) is 0 Å². The summed E-state index contributed by atoms with van der Waals surface area (Å²) in [5.41, 5.74) is -0.251. The summed E-state index contributed by atoms with van der Waals surface area (Å²) in [4.78, 5) is 11.9. The lowest BCUT2D eigenvalue weighted by atomic mass is 10.1. The number of furan rings is 1. The van der Waals surface area contributed by atoms with Crippen LogP contribution in [0.5, 0.6) is 0 Å². The highest BCUT2D eigenvalue weighted by Gasteiger charge is 2.19. The Hall–Kier alpha value is -2.28. The van der Waals surface area contributed by atoms with Gasteiger partial charge in [-0.3, -0.25) is 4.79 Å². The van der Waals surface area contributed by atoms with E-state index in [2.05, 4.69) is 5.32 Å². The van der Waals surface area contributed by atoms with E-state index in [-0.39, 0.29) is 18.6 Å². The molecular weight excluding hydrogens is 299 g/mol. The Bertz CT molecular complexity index is 644. The second-order valence-electron chi connectivity index (χ2n) is 4.68. The van der Waals surface area contributed by atoms with Crippen molar-refractivity contribution in [3.8, 4) is 0 Å². The van der Waals surface area contributed by atoms with Crippen molar-refractivity contribution in [2.24, 2.45) is 0 Å². The van der Waals surface area contributed by atoms with Gasteiger partial charge >= 0.3 is 0 Å². The minimum Gasteiger partial charge on any atom is -0.467 e. The van der Waals surface area contributed by atoms with Gasteiger partial charge < -0.3 is 14.8 Å². The minimum absolute atomic E-state index is 0.189. The Morgan fingerprint density at radius 3 is 2.59 bits per heavy atom. The highest BCUT2D eigenvalue weighted by Crippen LogP contribution is 2.18. The molecule has 0 aliphatic heterocycles. The molecule has 118 valence electrons. The zero-order valence-electron chi connectivity index (χ0n) is 11.5. The van der Waals surface area contributed by atoms with Crippen LogP contribution < -0.4 is 5.32 Å². The molecule has 4 nitrogen and oxygen atoms in total. The molecule has 0 bridgehead atoms. The highest BCUT2D eigenvalue weighted by molar-refractivity contribution is 5.79. The van der Waals surface area contributed by atoms with Crippen molar-refractivity contribution in [3.63, 3.8) is 0 Å². The Labute approximate surface area is 124 Å². The van der Waals surface area contributed by atoms with E-state index < -0.39 is 35.8 Å². The lowest BCUT2D eigenvalue weighted by Crippen LogP contribution is -2.30. The first-order valence-corrected chi connectivity index (χ1v) is 6.58. The van der Waals surface area contributed by atoms with Gasteiger partial charge in [0.25, 0.3) is 0 Å². The molecule has 0 radical (unpaired) electrons. The normalized spacial score (nSPS) is 12.2. The number of benzene rings is 1. The van der Waals surface area contributed by atoms with Crippen LogP contribution in [0.2, 0.25) is 0 Å². The molecule has 1 aromatic carbocycles. The minimum atomic E-state index is -1.31. The molecule has 2 aromatic rings. The molecular formula is C15H14F3NO3. The number of carbonyl (C=O) groups excluding carboxylic acids is 1. The van der Waals surface area contributed by atoms with E-state index in [4.69, 9.17) is 9.52 Å². The number of aliphatic hydroxyl groups is 1. The van der Waals surface area contributed by atoms with Crippen molar-refractivity contribution in [1.82, 2.24) is 5.32 Å². The molecule has 1 aromatic heterocycles. The smallest absolute Gasteiger partial charge is 0.225 e. The lowest BCUT2D eigenvalue weighted by molar-refractivity contribution is -0.121. The Balaban J connectivity index is 2.07. The quantitative estimate of drug-likeness (QED) is 0.805. The van der Waals surface area contributed by atoms with Crippen LogP contribution in [-0.4, -0.2) is 17.6 Å². The van der Waals surface area contributed by atoms with Gasteiger partial charge in [-0.15, -0.1) is 0 Å². The van der Waals surface area contributed by atoms with Crippen LogP contribution in [0.3, 0.4) is 0 Å². The number of hydrogen-bond acceptors (Lipinski definition) is 3. The summed E-state index contributed by atoms with van der Waals surface area (Å²) in [5.74, 6) is -3.68. The van der Waals surface area contributed by atoms with E-state index in [1.165, 1.54) is 6.26 Å². The van der Waals surface area contributed by atoms with Gasteiger partial charge in [0.15, 0.2) is 11.6 Å². The van der Waals surface area contributed by atoms with Crippen molar-refractivity contribution < 1.29 is 27.5 Å². The van der Waals surface area contributed by atoms with Crippen LogP contribution in [0.1, 0.15) is 23.8 Å². The van der Waals surface area contributed by atoms with Crippen LogP contribution in [0.25, 0.3) is 0 Å². The zero-order valence-corrected chi connectivity index (χ0v) is 11.5. The first-order valence-electron chi connectivity index (χ1n) is 6.58. The van der Waals surface area contributed by atoms with Gasteiger partial charge in [0.05, 0.1) is 18.7 Å². The standard InChI is InChI=1S/C15H14F3NO3/c16-10-8-12(18)11(17)6-9(10)7-15(21)19-13(3-4-20)14-2-1-5-22-14/h1-2,5-6,8,13,20H,3-4,7H2,(H,19,21)/t13-/m1/s1. The van der Waals surface area contributed by atoms with Crippen LogP contribution in [0, 0.1) is 17.5 Å². The Morgan fingerprint density at radius 2 is 1.95 bits per heavy atom. The van der Waals surface area contributed by atoms with Crippen molar-refractivity contribution in [1.29, 1.82) is 0 Å². The Kier molecular flexibility index (Phi) is 5.21. The van der Waals surface area contributed by atoms with Gasteiger partial charge in [0.2, 0.25) is 5.91 Å². The van der Waals surface area contributed by atoms with Crippen molar-refractivity contribution >= 4 is 5.91 Å². The van der Waals surface area contributed by atoms with E-state index in [0.29, 0.717) is 17.9 Å². The first-order chi connectivity index (χ1) is 10.5. The summed E-state index contributed by atoms with van der Waals surface area (Å²) in [7, 11) is 0. The first kappa shape index (κ1) is 16.1. The summed E-state index contributed by atoms with van der Waals surface area (Å²) in [6, 6.07) is 3.72. The number of halogens is 3. The molecule has 7 heteroatoms. The van der Waals surface area contributed by atoms with E-state index in [9.17, 15) is 18.0 Å². The fourth-order valence-corrected chi connectivity index (χ4v) is 2.02. The van der Waals surface area contributed by atoms with Crippen molar-refractivity contribution in [2.45, 2.75) is 18.9 Å². The number of carbonyl (C=O) groups is 1. The molecule has 0 aliphatic rings. The predicted octanol–water partition coefficient (Wildman–Crippen LogP) is 2.48. The van der Waals surface area contributed by atoms with Crippen LogP contribution in [0.15, 0.2) is 34.9 Å². The van der Waals surface area contributed by atoms with E-state index >= 15 is 0 Å². The van der Waals surface area contributed by atoms with E-state index in [1.807, 2.05) is 0 Å². The third-order valence-electron chi connectivity index (χ3n) is 3.08. The summed E-state index contributed by atoms with van der Waals surface area (Å²) >= 11 is 0. The van der Waals surface area contributed by atoms with Gasteiger partial charge in [0, 0.05) is 18.2 Å². The van der Waals surface area contributed by atoms with Crippen LogP contribution in [-0.2, 0) is 11.2 Å². The molecule has 0 fully saturated rings. The third-order valence-corrected chi connectivity index (χ3v) is 3.08. The van der Waals surface area contributed by atoms with Gasteiger partial charge in [-0.25, -0.2) is 13.2 Å². The molecule has 0 saturated carbocycles. The molecule has 0 spiro atoms. The maximum absolute atomic E-state index is 13.5. The SMILES string of the molecule is O=C(Cc1cc(F)c(F)cc1F)N[C@H](CCO)c1ccco1. The van der Waals surface area contributed by atoms with Crippen molar-refractivity contribution in [2.75, 3.05) is 6.61 Å². The van der Waals surface area contributed by atoms with Gasteiger partial charge in [-0.05, 0) is 24.6 Å². The highest BCUT2D eigenvalue weighted by atomic mass is 19.2. The van der Waals surface area contributed by atoms with Gasteiger partial charge in [-0.2, -0.15) is 0 Å². The molecule has 1 heterocycles. The Morgan fingerprint density at radius 1 is 1.23 bits per heavy atom. The van der Waals surface area contributed by atoms with E-state index in [1.54, 1.807) is 12.1 Å². The van der Waals surface area contributed by atoms with Crippen molar-refractivity contribution in [3.05, 3.63) is 59.3 Å². The maximum Gasteiger partial charge on any atom is 0.225 e. The molecule has 0 unspecified atom stereocenters. The van der Waals surface area contributed by atoms with E-state index in [0.717, 1.165) is 0 Å². The molecule has 1 amide bonds. The fraction of sp³-hybridized carbons (Fsp3) is 0.267. The second kappa shape index (κ2) is 7.13. The average Bonchev–Trinajstić information content (AvgIpc) is 2.98. The summed E-state index contributed by atoms with van der Waals surface area (Å²) in [6.07, 6.45) is 1.17. The summed E-state index contributed by atoms with van der Waals surface area (Å²) in [5, 5.41) is 11.6. The largest absolute Gasteiger partial charge is 0.467 e. The summed E-state index contributed by atoms with van der Waals surface area (Å²) < 4.78 is 44.6. The monoisotopic (exact) mass is 313 g/mol. The zero-order chi connectivity index (χ0) is 16.1. The molecule has 2 N–H and O–H groups in total. The maximum atomic E-state index is 13.5. The van der Waals surface area contributed by atoms with Gasteiger partial charge in [0.1, 0.15) is 11.6 Å².